The molecular weight excluding hydrogens is 316 g/mol. The summed E-state index contributed by atoms with van der Waals surface area (Å²) in [4.78, 5) is 12.8. The molecule has 0 spiro atoms. The molecule has 2 aromatic heterocycles. The Kier molecular flexibility index (Phi) is 3.74. The number of rotatable bonds is 4. The predicted molar refractivity (Wildman–Crippen MR) is 95.2 cm³/mol. The number of nitrogens with one attached hydrogen (secondary N) is 2. The molecule has 0 aliphatic heterocycles. The van der Waals surface area contributed by atoms with Gasteiger partial charge < -0.3 is 5.32 Å². The van der Waals surface area contributed by atoms with Crippen LogP contribution in [0.3, 0.4) is 0 Å². The van der Waals surface area contributed by atoms with Gasteiger partial charge in [0.2, 0.25) is 0 Å². The number of aryl methyl sites for hydroxylation is 1. The number of carbonyl (C=O) groups is 1. The lowest BCUT2D eigenvalue weighted by molar-refractivity contribution is 0.102. The molecule has 7 heteroatoms. The molecule has 2 heterocycles. The SMILES string of the molecule is CCn1ncc(C(=O)Nc2ccc3n[nH]nc3c2)c1-c1ccccc1. The van der Waals surface area contributed by atoms with Crippen LogP contribution in [0, 0.1) is 0 Å². The van der Waals surface area contributed by atoms with Crippen LogP contribution in [0.4, 0.5) is 5.69 Å². The van der Waals surface area contributed by atoms with Gasteiger partial charge in [0.05, 0.1) is 17.5 Å². The number of carbonyl (C=O) groups excluding carboxylic acids is 1. The number of hydrogen-bond acceptors (Lipinski definition) is 4. The van der Waals surface area contributed by atoms with E-state index in [1.165, 1.54) is 0 Å². The zero-order valence-electron chi connectivity index (χ0n) is 13.6. The molecule has 25 heavy (non-hydrogen) atoms. The predicted octanol–water partition coefficient (Wildman–Crippen LogP) is 3.09. The van der Waals surface area contributed by atoms with Crippen molar-refractivity contribution in [1.29, 1.82) is 0 Å². The number of fused-ring (bicyclic) bond motifs is 1. The second-order valence-corrected chi connectivity index (χ2v) is 5.57. The molecule has 0 bridgehead atoms. The molecule has 0 aliphatic carbocycles. The van der Waals surface area contributed by atoms with Gasteiger partial charge >= 0.3 is 0 Å². The summed E-state index contributed by atoms with van der Waals surface area (Å²) in [5.41, 5.74) is 4.41. The van der Waals surface area contributed by atoms with E-state index < -0.39 is 0 Å². The molecule has 7 nitrogen and oxygen atoms in total. The molecule has 0 fully saturated rings. The highest BCUT2D eigenvalue weighted by Gasteiger charge is 2.18. The van der Waals surface area contributed by atoms with E-state index in [0.29, 0.717) is 23.3 Å². The Morgan fingerprint density at radius 3 is 2.72 bits per heavy atom. The van der Waals surface area contributed by atoms with Gasteiger partial charge in [-0.05, 0) is 25.1 Å². The van der Waals surface area contributed by atoms with Crippen molar-refractivity contribution in [3.05, 3.63) is 60.3 Å². The van der Waals surface area contributed by atoms with E-state index in [2.05, 4.69) is 25.8 Å². The molecule has 2 N–H and O–H groups in total. The van der Waals surface area contributed by atoms with Crippen molar-refractivity contribution in [3.63, 3.8) is 0 Å². The third kappa shape index (κ3) is 2.76. The van der Waals surface area contributed by atoms with Crippen molar-refractivity contribution >= 4 is 22.6 Å². The molecule has 0 radical (unpaired) electrons. The van der Waals surface area contributed by atoms with Crippen molar-refractivity contribution in [2.24, 2.45) is 0 Å². The lowest BCUT2D eigenvalue weighted by Gasteiger charge is -2.09. The first-order valence-electron chi connectivity index (χ1n) is 7.99. The van der Waals surface area contributed by atoms with Gasteiger partial charge in [-0.15, -0.1) is 0 Å². The van der Waals surface area contributed by atoms with Crippen LogP contribution in [-0.4, -0.2) is 31.1 Å². The van der Waals surface area contributed by atoms with Crippen LogP contribution in [0.2, 0.25) is 0 Å². The van der Waals surface area contributed by atoms with Gasteiger partial charge in [-0.25, -0.2) is 0 Å². The number of nitrogens with zero attached hydrogens (tertiary/aromatic N) is 4. The summed E-state index contributed by atoms with van der Waals surface area (Å²) in [7, 11) is 0. The van der Waals surface area contributed by atoms with Gasteiger partial charge in [-0.2, -0.15) is 20.5 Å². The molecule has 1 amide bonds. The fourth-order valence-corrected chi connectivity index (χ4v) is 2.81. The van der Waals surface area contributed by atoms with Gasteiger partial charge in [0.1, 0.15) is 11.0 Å². The van der Waals surface area contributed by atoms with Gasteiger partial charge in [0.15, 0.2) is 0 Å². The molecule has 4 rings (SSSR count). The highest BCUT2D eigenvalue weighted by molar-refractivity contribution is 6.08. The Morgan fingerprint density at radius 2 is 1.92 bits per heavy atom. The first-order chi connectivity index (χ1) is 12.3. The monoisotopic (exact) mass is 332 g/mol. The zero-order valence-corrected chi connectivity index (χ0v) is 13.6. The van der Waals surface area contributed by atoms with Crippen LogP contribution >= 0.6 is 0 Å². The number of aromatic nitrogens is 5. The number of aromatic amines is 1. The summed E-state index contributed by atoms with van der Waals surface area (Å²) in [5, 5.41) is 17.9. The van der Waals surface area contributed by atoms with E-state index in [9.17, 15) is 4.79 Å². The summed E-state index contributed by atoms with van der Waals surface area (Å²) in [6.45, 7) is 2.68. The van der Waals surface area contributed by atoms with Gasteiger partial charge in [0, 0.05) is 17.8 Å². The Hall–Kier alpha value is -3.48. The minimum Gasteiger partial charge on any atom is -0.322 e. The maximum atomic E-state index is 12.8. The Labute approximate surface area is 143 Å². The smallest absolute Gasteiger partial charge is 0.259 e. The zero-order chi connectivity index (χ0) is 17.2. The first kappa shape index (κ1) is 15.1. The Morgan fingerprint density at radius 1 is 1.12 bits per heavy atom. The number of hydrogen-bond donors (Lipinski definition) is 2. The average Bonchev–Trinajstić information content (AvgIpc) is 3.28. The normalized spacial score (nSPS) is 10.9. The molecule has 0 saturated heterocycles. The third-order valence-electron chi connectivity index (χ3n) is 4.01. The summed E-state index contributed by atoms with van der Waals surface area (Å²) < 4.78 is 1.82. The number of benzene rings is 2. The van der Waals surface area contributed by atoms with Crippen molar-refractivity contribution < 1.29 is 4.79 Å². The van der Waals surface area contributed by atoms with E-state index in [4.69, 9.17) is 0 Å². The van der Waals surface area contributed by atoms with Crippen molar-refractivity contribution in [1.82, 2.24) is 25.2 Å². The van der Waals surface area contributed by atoms with Crippen molar-refractivity contribution in [2.75, 3.05) is 5.32 Å². The summed E-state index contributed by atoms with van der Waals surface area (Å²) in [6.07, 6.45) is 1.61. The number of anilines is 1. The molecule has 124 valence electrons. The standard InChI is InChI=1S/C18H16N6O/c1-2-24-17(12-6-4-3-5-7-12)14(11-19-24)18(25)20-13-8-9-15-16(10-13)22-23-21-15/h3-11H,2H2,1H3,(H,20,25)(H,21,22,23). The molecule has 4 aromatic rings. The molecular formula is C18H16N6O. The molecule has 0 saturated carbocycles. The van der Waals surface area contributed by atoms with Gasteiger partial charge in [-0.1, -0.05) is 30.3 Å². The summed E-state index contributed by atoms with van der Waals surface area (Å²) in [5.74, 6) is -0.207. The van der Waals surface area contributed by atoms with E-state index in [1.807, 2.05) is 48.0 Å². The van der Waals surface area contributed by atoms with E-state index in [1.54, 1.807) is 18.3 Å². The lowest BCUT2D eigenvalue weighted by atomic mass is 10.1. The Balaban J connectivity index is 1.69. The minimum atomic E-state index is -0.207. The summed E-state index contributed by atoms with van der Waals surface area (Å²) >= 11 is 0. The van der Waals surface area contributed by atoms with Crippen LogP contribution < -0.4 is 5.32 Å². The lowest BCUT2D eigenvalue weighted by Crippen LogP contribution is -2.13. The highest BCUT2D eigenvalue weighted by atomic mass is 16.1. The van der Waals surface area contributed by atoms with E-state index >= 15 is 0 Å². The molecule has 0 unspecified atom stereocenters. The largest absolute Gasteiger partial charge is 0.322 e. The summed E-state index contributed by atoms with van der Waals surface area (Å²) in [6, 6.07) is 15.2. The second kappa shape index (κ2) is 6.20. The van der Waals surface area contributed by atoms with E-state index in [0.717, 1.165) is 16.8 Å². The van der Waals surface area contributed by atoms with Crippen LogP contribution in [0.5, 0.6) is 0 Å². The molecule has 2 aromatic carbocycles. The molecule has 0 aliphatic rings. The topological polar surface area (TPSA) is 88.5 Å². The number of H-pyrrole nitrogens is 1. The first-order valence-corrected chi connectivity index (χ1v) is 7.99. The maximum Gasteiger partial charge on any atom is 0.259 e. The maximum absolute atomic E-state index is 12.8. The number of amides is 1. The second-order valence-electron chi connectivity index (χ2n) is 5.57. The Bertz CT molecular complexity index is 1030. The van der Waals surface area contributed by atoms with Crippen molar-refractivity contribution in [2.45, 2.75) is 13.5 Å². The van der Waals surface area contributed by atoms with Crippen LogP contribution in [0.25, 0.3) is 22.3 Å². The van der Waals surface area contributed by atoms with Crippen LogP contribution in [0.1, 0.15) is 17.3 Å². The van der Waals surface area contributed by atoms with Gasteiger partial charge in [0.25, 0.3) is 5.91 Å². The molecule has 0 atom stereocenters. The average molecular weight is 332 g/mol. The minimum absolute atomic E-state index is 0.207. The highest BCUT2D eigenvalue weighted by Crippen LogP contribution is 2.25. The van der Waals surface area contributed by atoms with Crippen LogP contribution in [0.15, 0.2) is 54.7 Å². The van der Waals surface area contributed by atoms with Crippen molar-refractivity contribution in [3.8, 4) is 11.3 Å². The fourth-order valence-electron chi connectivity index (χ4n) is 2.81. The van der Waals surface area contributed by atoms with Crippen LogP contribution in [-0.2, 0) is 6.54 Å². The third-order valence-corrected chi connectivity index (χ3v) is 4.01. The fraction of sp³-hybridized carbons (Fsp3) is 0.111. The quantitative estimate of drug-likeness (QED) is 0.601. The van der Waals surface area contributed by atoms with E-state index in [-0.39, 0.29) is 5.91 Å². The van der Waals surface area contributed by atoms with Gasteiger partial charge in [-0.3, -0.25) is 9.48 Å².